The highest BCUT2D eigenvalue weighted by Crippen LogP contribution is 2.32. The first kappa shape index (κ1) is 14.1. The quantitative estimate of drug-likeness (QED) is 0.911. The van der Waals surface area contributed by atoms with Crippen LogP contribution in [0.25, 0.3) is 0 Å². The van der Waals surface area contributed by atoms with Gasteiger partial charge in [0, 0.05) is 25.8 Å². The van der Waals surface area contributed by atoms with E-state index in [1.807, 2.05) is 19.3 Å². The van der Waals surface area contributed by atoms with Gasteiger partial charge in [0.1, 0.15) is 5.82 Å². The second-order valence-corrected chi connectivity index (χ2v) is 5.80. The number of nitrogens with one attached hydrogen (secondary N) is 1. The van der Waals surface area contributed by atoms with Crippen molar-refractivity contribution < 1.29 is 4.39 Å². The van der Waals surface area contributed by atoms with Gasteiger partial charge in [-0.2, -0.15) is 5.10 Å². The van der Waals surface area contributed by atoms with Crippen molar-refractivity contribution in [1.82, 2.24) is 15.1 Å². The van der Waals surface area contributed by atoms with Gasteiger partial charge >= 0.3 is 0 Å². The second kappa shape index (κ2) is 6.21. The van der Waals surface area contributed by atoms with E-state index >= 15 is 0 Å². The van der Waals surface area contributed by atoms with E-state index in [0.29, 0.717) is 17.5 Å². The zero-order valence-electron chi connectivity index (χ0n) is 11.4. The third-order valence-electron chi connectivity index (χ3n) is 2.65. The molecule has 5 heteroatoms. The molecule has 0 spiro atoms. The van der Waals surface area contributed by atoms with Crippen molar-refractivity contribution in [3.05, 3.63) is 42.0 Å². The molecule has 0 atom stereocenters. The Balaban J connectivity index is 2.22. The van der Waals surface area contributed by atoms with E-state index in [4.69, 9.17) is 0 Å². The average molecular weight is 279 g/mol. The SMILES string of the molecule is CC(C)NCc1cccc(F)c1Sc1cnn(C)c1. The summed E-state index contributed by atoms with van der Waals surface area (Å²) in [5.41, 5.74) is 0.975. The lowest BCUT2D eigenvalue weighted by Crippen LogP contribution is -2.22. The molecular formula is C14H18FN3S. The predicted octanol–water partition coefficient (Wildman–Crippen LogP) is 3.21. The maximum Gasteiger partial charge on any atom is 0.137 e. The van der Waals surface area contributed by atoms with E-state index in [1.54, 1.807) is 16.9 Å². The van der Waals surface area contributed by atoms with Crippen LogP contribution in [0.2, 0.25) is 0 Å². The molecule has 0 aliphatic carbocycles. The summed E-state index contributed by atoms with van der Waals surface area (Å²) in [5, 5.41) is 7.42. The number of aryl methyl sites for hydroxylation is 1. The fourth-order valence-electron chi connectivity index (χ4n) is 1.69. The zero-order chi connectivity index (χ0) is 13.8. The number of halogens is 1. The van der Waals surface area contributed by atoms with Crippen LogP contribution in [0.4, 0.5) is 4.39 Å². The number of hydrogen-bond donors (Lipinski definition) is 1. The molecule has 0 aliphatic rings. The fourth-order valence-corrected chi connectivity index (χ4v) is 2.67. The van der Waals surface area contributed by atoms with Crippen LogP contribution >= 0.6 is 11.8 Å². The third kappa shape index (κ3) is 3.81. The van der Waals surface area contributed by atoms with Gasteiger partial charge in [0.2, 0.25) is 0 Å². The van der Waals surface area contributed by atoms with Crippen molar-refractivity contribution in [1.29, 1.82) is 0 Å². The van der Waals surface area contributed by atoms with Gasteiger partial charge in [0.05, 0.1) is 16.0 Å². The summed E-state index contributed by atoms with van der Waals surface area (Å²) in [4.78, 5) is 1.61. The maximum atomic E-state index is 14.0. The minimum atomic E-state index is -0.183. The molecule has 0 radical (unpaired) electrons. The molecular weight excluding hydrogens is 261 g/mol. The van der Waals surface area contributed by atoms with Crippen molar-refractivity contribution in [3.8, 4) is 0 Å². The van der Waals surface area contributed by atoms with Gasteiger partial charge in [-0.3, -0.25) is 4.68 Å². The molecule has 0 aliphatic heterocycles. The van der Waals surface area contributed by atoms with Crippen molar-refractivity contribution in [3.63, 3.8) is 0 Å². The highest BCUT2D eigenvalue weighted by atomic mass is 32.2. The van der Waals surface area contributed by atoms with Crippen molar-refractivity contribution in [2.24, 2.45) is 7.05 Å². The van der Waals surface area contributed by atoms with Crippen LogP contribution in [0.15, 0.2) is 40.4 Å². The Morgan fingerprint density at radius 3 is 2.84 bits per heavy atom. The lowest BCUT2D eigenvalue weighted by Gasteiger charge is -2.12. The molecule has 0 unspecified atom stereocenters. The summed E-state index contributed by atoms with van der Waals surface area (Å²) in [5.74, 6) is -0.183. The minimum absolute atomic E-state index is 0.183. The Hall–Kier alpha value is -1.33. The van der Waals surface area contributed by atoms with Gasteiger partial charge in [-0.15, -0.1) is 0 Å². The molecule has 0 bridgehead atoms. The molecule has 1 N–H and O–H groups in total. The normalized spacial score (nSPS) is 11.2. The maximum absolute atomic E-state index is 14.0. The Morgan fingerprint density at radius 1 is 1.42 bits per heavy atom. The number of aromatic nitrogens is 2. The molecule has 2 aromatic rings. The molecule has 3 nitrogen and oxygen atoms in total. The molecule has 0 saturated carbocycles. The van der Waals surface area contributed by atoms with Crippen LogP contribution in [-0.2, 0) is 13.6 Å². The van der Waals surface area contributed by atoms with Crippen molar-refractivity contribution in [2.45, 2.75) is 36.2 Å². The summed E-state index contributed by atoms with van der Waals surface area (Å²) in [6, 6.07) is 5.58. The van der Waals surface area contributed by atoms with Crippen LogP contribution in [0, 0.1) is 5.82 Å². The summed E-state index contributed by atoms with van der Waals surface area (Å²) in [6.07, 6.45) is 3.63. The lowest BCUT2D eigenvalue weighted by molar-refractivity contribution is 0.564. The molecule has 0 fully saturated rings. The molecule has 2 rings (SSSR count). The van der Waals surface area contributed by atoms with Crippen LogP contribution in [-0.4, -0.2) is 15.8 Å². The first-order chi connectivity index (χ1) is 9.06. The van der Waals surface area contributed by atoms with E-state index < -0.39 is 0 Å². The first-order valence-electron chi connectivity index (χ1n) is 6.23. The van der Waals surface area contributed by atoms with E-state index in [0.717, 1.165) is 10.5 Å². The Bertz CT molecular complexity index is 551. The number of rotatable bonds is 5. The Morgan fingerprint density at radius 2 is 2.21 bits per heavy atom. The van der Waals surface area contributed by atoms with E-state index in [-0.39, 0.29) is 5.82 Å². The summed E-state index contributed by atoms with van der Waals surface area (Å²) in [7, 11) is 1.85. The third-order valence-corrected chi connectivity index (χ3v) is 3.76. The smallest absolute Gasteiger partial charge is 0.137 e. The average Bonchev–Trinajstić information content (AvgIpc) is 2.75. The van der Waals surface area contributed by atoms with E-state index in [2.05, 4.69) is 24.3 Å². The second-order valence-electron chi connectivity index (χ2n) is 4.72. The van der Waals surface area contributed by atoms with Crippen molar-refractivity contribution >= 4 is 11.8 Å². The largest absolute Gasteiger partial charge is 0.310 e. The van der Waals surface area contributed by atoms with Gasteiger partial charge in [-0.1, -0.05) is 37.7 Å². The first-order valence-corrected chi connectivity index (χ1v) is 7.05. The fraction of sp³-hybridized carbons (Fsp3) is 0.357. The monoisotopic (exact) mass is 279 g/mol. The Kier molecular flexibility index (Phi) is 4.61. The van der Waals surface area contributed by atoms with Gasteiger partial charge in [0.25, 0.3) is 0 Å². The summed E-state index contributed by atoms with van der Waals surface area (Å²) >= 11 is 1.42. The van der Waals surface area contributed by atoms with Crippen LogP contribution in [0.1, 0.15) is 19.4 Å². The van der Waals surface area contributed by atoms with Gasteiger partial charge in [0.15, 0.2) is 0 Å². The van der Waals surface area contributed by atoms with E-state index in [9.17, 15) is 4.39 Å². The topological polar surface area (TPSA) is 29.9 Å². The van der Waals surface area contributed by atoms with Crippen LogP contribution < -0.4 is 5.32 Å². The number of hydrogen-bond acceptors (Lipinski definition) is 3. The minimum Gasteiger partial charge on any atom is -0.310 e. The molecule has 102 valence electrons. The van der Waals surface area contributed by atoms with Crippen LogP contribution in [0.3, 0.4) is 0 Å². The van der Waals surface area contributed by atoms with Crippen LogP contribution in [0.5, 0.6) is 0 Å². The predicted molar refractivity (Wildman–Crippen MR) is 75.7 cm³/mol. The summed E-state index contributed by atoms with van der Waals surface area (Å²) in [6.45, 7) is 4.82. The Labute approximate surface area is 117 Å². The zero-order valence-corrected chi connectivity index (χ0v) is 12.2. The standard InChI is InChI=1S/C14H18FN3S/c1-10(2)16-7-11-5-4-6-13(15)14(11)19-12-8-17-18(3)9-12/h4-6,8-10,16H,7H2,1-3H3. The summed E-state index contributed by atoms with van der Waals surface area (Å²) < 4.78 is 15.7. The lowest BCUT2D eigenvalue weighted by atomic mass is 10.2. The molecule has 1 aromatic carbocycles. The molecule has 0 saturated heterocycles. The highest BCUT2D eigenvalue weighted by molar-refractivity contribution is 7.99. The molecule has 0 amide bonds. The molecule has 1 heterocycles. The molecule has 1 aromatic heterocycles. The highest BCUT2D eigenvalue weighted by Gasteiger charge is 2.11. The number of benzene rings is 1. The molecule has 19 heavy (non-hydrogen) atoms. The van der Waals surface area contributed by atoms with Crippen molar-refractivity contribution in [2.75, 3.05) is 0 Å². The van der Waals surface area contributed by atoms with Gasteiger partial charge in [-0.25, -0.2) is 4.39 Å². The number of nitrogens with zero attached hydrogens (tertiary/aromatic N) is 2. The van der Waals surface area contributed by atoms with Gasteiger partial charge < -0.3 is 5.32 Å². The van der Waals surface area contributed by atoms with Gasteiger partial charge in [-0.05, 0) is 11.6 Å². The van der Waals surface area contributed by atoms with E-state index in [1.165, 1.54) is 17.8 Å².